The van der Waals surface area contributed by atoms with E-state index < -0.39 is 10.0 Å². The van der Waals surface area contributed by atoms with E-state index in [4.69, 9.17) is 0 Å². The average Bonchev–Trinajstić information content (AvgIpc) is 2.79. The first-order valence-electron chi connectivity index (χ1n) is 7.21. The molecule has 1 aliphatic rings. The second kappa shape index (κ2) is 5.39. The van der Waals surface area contributed by atoms with Crippen LogP contribution in [0.1, 0.15) is 0 Å². The molecule has 7 heteroatoms. The van der Waals surface area contributed by atoms with Crippen LogP contribution in [0.2, 0.25) is 0 Å². The van der Waals surface area contributed by atoms with Gasteiger partial charge in [-0.05, 0) is 29.7 Å². The van der Waals surface area contributed by atoms with Gasteiger partial charge in [0.15, 0.2) is 0 Å². The number of anilines is 1. The van der Waals surface area contributed by atoms with Gasteiger partial charge in [0.05, 0.1) is 16.3 Å². The third-order valence-electron chi connectivity index (χ3n) is 4.01. The van der Waals surface area contributed by atoms with Crippen molar-refractivity contribution < 1.29 is 8.42 Å². The van der Waals surface area contributed by atoms with Gasteiger partial charge in [0, 0.05) is 16.9 Å². The van der Waals surface area contributed by atoms with Crippen molar-refractivity contribution >= 4 is 53.8 Å². The molecule has 3 aromatic rings. The summed E-state index contributed by atoms with van der Waals surface area (Å²) in [6, 6.07) is 16.4. The third kappa shape index (κ3) is 2.16. The van der Waals surface area contributed by atoms with E-state index in [9.17, 15) is 8.42 Å². The van der Waals surface area contributed by atoms with Gasteiger partial charge in [0.25, 0.3) is 10.0 Å². The van der Waals surface area contributed by atoms with Gasteiger partial charge in [0.1, 0.15) is 5.69 Å². The summed E-state index contributed by atoms with van der Waals surface area (Å²) in [4.78, 5) is 0.301. The molecule has 0 amide bonds. The Morgan fingerprint density at radius 1 is 1.00 bits per heavy atom. The lowest BCUT2D eigenvalue weighted by Gasteiger charge is -2.13. The van der Waals surface area contributed by atoms with E-state index in [1.165, 1.54) is 4.31 Å². The first-order valence-corrected chi connectivity index (χ1v) is 9.44. The maximum Gasteiger partial charge on any atom is 0.264 e. The number of halogens is 1. The van der Waals surface area contributed by atoms with Crippen molar-refractivity contribution in [3.05, 3.63) is 59.1 Å². The van der Waals surface area contributed by atoms with Gasteiger partial charge in [-0.15, -0.1) is 5.11 Å². The number of sulfonamides is 1. The Labute approximate surface area is 147 Å². The number of hydrogen-bond donors (Lipinski definition) is 0. The second-order valence-corrected chi connectivity index (χ2v) is 8.20. The number of azo groups is 1. The monoisotopic (exact) mass is 401 g/mol. The van der Waals surface area contributed by atoms with Crippen molar-refractivity contribution in [2.24, 2.45) is 10.2 Å². The molecule has 120 valence electrons. The first-order chi connectivity index (χ1) is 11.5. The van der Waals surface area contributed by atoms with Crippen LogP contribution in [-0.2, 0) is 10.0 Å². The van der Waals surface area contributed by atoms with Crippen molar-refractivity contribution in [2.75, 3.05) is 11.4 Å². The Hall–Kier alpha value is -2.25. The quantitative estimate of drug-likeness (QED) is 0.556. The highest BCUT2D eigenvalue weighted by atomic mass is 79.9. The zero-order valence-corrected chi connectivity index (χ0v) is 15.0. The molecule has 0 spiro atoms. The average molecular weight is 402 g/mol. The van der Waals surface area contributed by atoms with E-state index in [1.54, 1.807) is 25.2 Å². The van der Waals surface area contributed by atoms with Crippen molar-refractivity contribution in [2.45, 2.75) is 4.90 Å². The van der Waals surface area contributed by atoms with Crippen LogP contribution in [0.15, 0.2) is 74.2 Å². The van der Waals surface area contributed by atoms with Gasteiger partial charge in [-0.2, -0.15) is 5.11 Å². The molecule has 24 heavy (non-hydrogen) atoms. The molecule has 0 N–H and O–H groups in total. The summed E-state index contributed by atoms with van der Waals surface area (Å²) in [5.74, 6) is 0. The Morgan fingerprint density at radius 3 is 2.50 bits per heavy atom. The number of nitrogens with zero attached hydrogens (tertiary/aromatic N) is 3. The highest BCUT2D eigenvalue weighted by molar-refractivity contribution is 9.10. The van der Waals surface area contributed by atoms with Gasteiger partial charge in [-0.25, -0.2) is 8.42 Å². The van der Waals surface area contributed by atoms with Gasteiger partial charge in [0.2, 0.25) is 0 Å². The Bertz CT molecular complexity index is 1100. The molecule has 0 aliphatic carbocycles. The van der Waals surface area contributed by atoms with Crippen molar-refractivity contribution in [1.29, 1.82) is 0 Å². The summed E-state index contributed by atoms with van der Waals surface area (Å²) in [5, 5.41) is 10.0. The molecule has 0 radical (unpaired) electrons. The first kappa shape index (κ1) is 15.3. The SMILES string of the molecule is CN1c2c(N=Nc3ccccc3)cc(Br)c3cccc(c23)S1(=O)=O. The minimum Gasteiger partial charge on any atom is -0.266 e. The van der Waals surface area contributed by atoms with Crippen molar-refractivity contribution in [1.82, 2.24) is 0 Å². The minimum absolute atomic E-state index is 0.301. The standard InChI is InChI=1S/C17H12BrN3O2S/c1-21-17-14(20-19-11-6-3-2-4-7-11)10-13(18)12-8-5-9-15(16(12)17)24(21,22)23/h2-10H,1H3. The lowest BCUT2D eigenvalue weighted by molar-refractivity contribution is 0.597. The highest BCUT2D eigenvalue weighted by Crippen LogP contribution is 2.49. The van der Waals surface area contributed by atoms with Gasteiger partial charge >= 0.3 is 0 Å². The van der Waals surface area contributed by atoms with Gasteiger partial charge in [-0.3, -0.25) is 4.31 Å². The van der Waals surface area contributed by atoms with Crippen LogP contribution in [0.4, 0.5) is 17.1 Å². The summed E-state index contributed by atoms with van der Waals surface area (Å²) in [6.07, 6.45) is 0. The molecule has 0 saturated heterocycles. The fourth-order valence-electron chi connectivity index (χ4n) is 2.85. The van der Waals surface area contributed by atoms with Crippen molar-refractivity contribution in [3.8, 4) is 0 Å². The predicted molar refractivity (Wildman–Crippen MR) is 97.9 cm³/mol. The van der Waals surface area contributed by atoms with Crippen LogP contribution in [0.5, 0.6) is 0 Å². The lowest BCUT2D eigenvalue weighted by Crippen LogP contribution is -2.21. The van der Waals surface area contributed by atoms with E-state index in [-0.39, 0.29) is 0 Å². The van der Waals surface area contributed by atoms with E-state index in [2.05, 4.69) is 26.2 Å². The summed E-state index contributed by atoms with van der Waals surface area (Å²) >= 11 is 3.51. The van der Waals surface area contributed by atoms with Crippen molar-refractivity contribution in [3.63, 3.8) is 0 Å². The molecular weight excluding hydrogens is 390 g/mol. The number of benzene rings is 3. The van der Waals surface area contributed by atoms with Crippen LogP contribution in [0.3, 0.4) is 0 Å². The van der Waals surface area contributed by atoms with Gasteiger partial charge in [-0.1, -0.05) is 46.3 Å². The van der Waals surface area contributed by atoms with E-state index in [0.29, 0.717) is 27.3 Å². The summed E-state index contributed by atoms with van der Waals surface area (Å²) in [7, 11) is -2.01. The van der Waals surface area contributed by atoms with Crippen LogP contribution in [-0.4, -0.2) is 15.5 Å². The summed E-state index contributed by atoms with van der Waals surface area (Å²) in [6.45, 7) is 0. The summed E-state index contributed by atoms with van der Waals surface area (Å²) < 4.78 is 27.3. The maximum absolute atomic E-state index is 12.6. The van der Waals surface area contributed by atoms with E-state index in [1.807, 2.05) is 36.4 Å². The highest BCUT2D eigenvalue weighted by Gasteiger charge is 2.35. The number of hydrogen-bond acceptors (Lipinski definition) is 4. The van der Waals surface area contributed by atoms with E-state index in [0.717, 1.165) is 9.86 Å². The lowest BCUT2D eigenvalue weighted by atomic mass is 10.1. The zero-order valence-electron chi connectivity index (χ0n) is 12.6. The fraction of sp³-hybridized carbons (Fsp3) is 0.0588. The minimum atomic E-state index is -3.55. The van der Waals surface area contributed by atoms with Crippen LogP contribution in [0, 0.1) is 0 Å². The molecular formula is C17H12BrN3O2S. The van der Waals surface area contributed by atoms with Crippen LogP contribution < -0.4 is 4.31 Å². The molecule has 3 aromatic carbocycles. The molecule has 0 bridgehead atoms. The van der Waals surface area contributed by atoms with Crippen LogP contribution >= 0.6 is 15.9 Å². The molecule has 0 unspecified atom stereocenters. The molecule has 0 atom stereocenters. The maximum atomic E-state index is 12.6. The van der Waals surface area contributed by atoms with Gasteiger partial charge < -0.3 is 0 Å². The zero-order chi connectivity index (χ0) is 16.9. The normalized spacial score (nSPS) is 15.5. The summed E-state index contributed by atoms with van der Waals surface area (Å²) in [5.41, 5.74) is 1.77. The number of rotatable bonds is 2. The molecule has 0 aromatic heterocycles. The Morgan fingerprint density at radius 2 is 1.75 bits per heavy atom. The molecule has 0 fully saturated rings. The molecule has 5 nitrogen and oxygen atoms in total. The topological polar surface area (TPSA) is 62.1 Å². The molecule has 1 heterocycles. The molecule has 4 rings (SSSR count). The molecule has 0 saturated carbocycles. The third-order valence-corrected chi connectivity index (χ3v) is 6.46. The fourth-order valence-corrected chi connectivity index (χ4v) is 4.84. The molecule has 1 aliphatic heterocycles. The Balaban J connectivity index is 1.99. The predicted octanol–water partition coefficient (Wildman–Crippen LogP) is 5.16. The van der Waals surface area contributed by atoms with Crippen LogP contribution in [0.25, 0.3) is 10.8 Å². The second-order valence-electron chi connectivity index (χ2n) is 5.41. The Kier molecular flexibility index (Phi) is 3.43. The van der Waals surface area contributed by atoms with E-state index >= 15 is 0 Å². The smallest absolute Gasteiger partial charge is 0.264 e. The largest absolute Gasteiger partial charge is 0.266 e.